The maximum absolute atomic E-state index is 4.78. The van der Waals surface area contributed by atoms with Crippen molar-refractivity contribution in [3.05, 3.63) is 65.2 Å². The highest BCUT2D eigenvalue weighted by molar-refractivity contribution is 7.78. The van der Waals surface area contributed by atoms with Gasteiger partial charge >= 0.3 is 0 Å². The fraction of sp³-hybridized carbons (Fsp3) is 0.321. The lowest BCUT2D eigenvalue weighted by molar-refractivity contribution is 0.337. The van der Waals surface area contributed by atoms with Crippen molar-refractivity contribution >= 4 is 33.8 Å². The van der Waals surface area contributed by atoms with E-state index in [1.165, 1.54) is 47.6 Å². The number of thiocarbonyl (C=S) groups is 1. The van der Waals surface area contributed by atoms with Crippen molar-refractivity contribution in [3.63, 3.8) is 0 Å². The molecule has 1 aliphatic carbocycles. The first-order valence-corrected chi connectivity index (χ1v) is 11.2. The minimum absolute atomic E-state index is 0.566. The van der Waals surface area contributed by atoms with Crippen molar-refractivity contribution in [2.75, 3.05) is 0 Å². The van der Waals surface area contributed by atoms with Gasteiger partial charge in [-0.3, -0.25) is 0 Å². The first kappa shape index (κ1) is 20.5. The first-order chi connectivity index (χ1) is 14.5. The van der Waals surface area contributed by atoms with Gasteiger partial charge in [-0.15, -0.1) is 0 Å². The SMILES string of the molecule is Cc1cc(-c2ccc3cc(C#CC4CCC(C)CC4)ccc3c2)cc(C)c1N=C=S. The van der Waals surface area contributed by atoms with Crippen LogP contribution in [0.5, 0.6) is 0 Å². The molecule has 1 saturated carbocycles. The number of isothiocyanates is 1. The molecule has 3 aromatic rings. The zero-order chi connectivity index (χ0) is 21.1. The second-order valence-corrected chi connectivity index (χ2v) is 8.85. The number of fused-ring (bicyclic) bond motifs is 1. The number of aliphatic imine (C=N–C) groups is 1. The number of benzene rings is 3. The molecule has 30 heavy (non-hydrogen) atoms. The lowest BCUT2D eigenvalue weighted by Gasteiger charge is -2.21. The second-order valence-electron chi connectivity index (χ2n) is 8.66. The van der Waals surface area contributed by atoms with Crippen LogP contribution >= 0.6 is 12.2 Å². The fourth-order valence-electron chi connectivity index (χ4n) is 4.44. The molecule has 1 fully saturated rings. The molecule has 0 saturated heterocycles. The number of hydrogen-bond donors (Lipinski definition) is 0. The van der Waals surface area contributed by atoms with E-state index < -0.39 is 0 Å². The predicted octanol–water partition coefficient (Wildman–Crippen LogP) is 8.04. The molecule has 0 amide bonds. The molecule has 1 nitrogen and oxygen atoms in total. The summed E-state index contributed by atoms with van der Waals surface area (Å²) in [7, 11) is 0. The molecule has 0 radical (unpaired) electrons. The molecule has 150 valence electrons. The van der Waals surface area contributed by atoms with E-state index in [2.05, 4.69) is 91.3 Å². The van der Waals surface area contributed by atoms with Crippen LogP contribution in [0.2, 0.25) is 0 Å². The standard InChI is InChI=1S/C28H27NS/c1-19-4-6-22(7-5-19)8-9-23-10-11-25-17-26(13-12-24(25)16-23)27-14-20(2)28(29-18-30)21(3)15-27/h10-17,19,22H,4-7H2,1-3H3. The van der Waals surface area contributed by atoms with Crippen molar-refractivity contribution in [2.24, 2.45) is 16.8 Å². The summed E-state index contributed by atoms with van der Waals surface area (Å²) in [6.07, 6.45) is 5.13. The molecular weight excluding hydrogens is 382 g/mol. The zero-order valence-electron chi connectivity index (χ0n) is 18.0. The molecule has 0 N–H and O–H groups in total. The van der Waals surface area contributed by atoms with E-state index in [1.807, 2.05) is 0 Å². The lowest BCUT2D eigenvalue weighted by atomic mass is 9.83. The predicted molar refractivity (Wildman–Crippen MR) is 132 cm³/mol. The Hall–Kier alpha value is -2.72. The molecule has 0 unspecified atom stereocenters. The van der Waals surface area contributed by atoms with Gasteiger partial charge in [0.25, 0.3) is 0 Å². The smallest absolute Gasteiger partial charge is 0.0798 e. The van der Waals surface area contributed by atoms with Gasteiger partial charge in [-0.05, 0) is 121 Å². The van der Waals surface area contributed by atoms with E-state index in [0.717, 1.165) is 28.3 Å². The van der Waals surface area contributed by atoms with Gasteiger partial charge in [0.2, 0.25) is 0 Å². The summed E-state index contributed by atoms with van der Waals surface area (Å²) in [4.78, 5) is 4.21. The second kappa shape index (κ2) is 8.97. The van der Waals surface area contributed by atoms with E-state index in [9.17, 15) is 0 Å². The summed E-state index contributed by atoms with van der Waals surface area (Å²) in [5.41, 5.74) is 6.68. The van der Waals surface area contributed by atoms with Gasteiger partial charge in [0, 0.05) is 11.5 Å². The molecule has 4 rings (SSSR count). The zero-order valence-corrected chi connectivity index (χ0v) is 18.8. The van der Waals surface area contributed by atoms with Crippen LogP contribution in [-0.2, 0) is 0 Å². The molecule has 0 aromatic heterocycles. The van der Waals surface area contributed by atoms with E-state index in [1.54, 1.807) is 0 Å². The summed E-state index contributed by atoms with van der Waals surface area (Å²) in [6, 6.07) is 17.5. The molecular formula is C28H27NS. The Bertz CT molecular complexity index is 1170. The largest absolute Gasteiger partial charge is 0.194 e. The van der Waals surface area contributed by atoms with E-state index in [0.29, 0.717) is 5.92 Å². The maximum Gasteiger partial charge on any atom is 0.0798 e. The summed E-state index contributed by atoms with van der Waals surface area (Å²) < 4.78 is 0. The normalized spacial score (nSPS) is 18.4. The van der Waals surface area contributed by atoms with Gasteiger partial charge in [0.15, 0.2) is 0 Å². The minimum atomic E-state index is 0.566. The number of aryl methyl sites for hydroxylation is 2. The Labute approximate surface area is 185 Å². The van der Waals surface area contributed by atoms with Gasteiger partial charge in [0.05, 0.1) is 10.8 Å². The summed E-state index contributed by atoms with van der Waals surface area (Å²) in [6.45, 7) is 6.49. The Morgan fingerprint density at radius 3 is 2.20 bits per heavy atom. The monoisotopic (exact) mass is 409 g/mol. The lowest BCUT2D eigenvalue weighted by Crippen LogP contribution is -2.10. The van der Waals surface area contributed by atoms with Gasteiger partial charge in [-0.25, -0.2) is 0 Å². The summed E-state index contributed by atoms with van der Waals surface area (Å²) >= 11 is 4.78. The molecule has 0 atom stereocenters. The quantitative estimate of drug-likeness (QED) is 0.237. The summed E-state index contributed by atoms with van der Waals surface area (Å²) in [5.74, 6) is 8.38. The minimum Gasteiger partial charge on any atom is -0.194 e. The maximum atomic E-state index is 4.78. The molecule has 3 aromatic carbocycles. The Balaban J connectivity index is 1.60. The first-order valence-electron chi connectivity index (χ1n) is 10.8. The van der Waals surface area contributed by atoms with E-state index >= 15 is 0 Å². The van der Waals surface area contributed by atoms with Crippen LogP contribution in [0.1, 0.15) is 49.3 Å². The highest BCUT2D eigenvalue weighted by Crippen LogP contribution is 2.32. The molecule has 0 spiro atoms. The van der Waals surface area contributed by atoms with Crippen LogP contribution in [0.25, 0.3) is 21.9 Å². The van der Waals surface area contributed by atoms with Gasteiger partial charge in [0.1, 0.15) is 0 Å². The van der Waals surface area contributed by atoms with Crippen LogP contribution in [0.4, 0.5) is 5.69 Å². The van der Waals surface area contributed by atoms with Crippen LogP contribution in [-0.4, -0.2) is 5.16 Å². The van der Waals surface area contributed by atoms with Gasteiger partial charge < -0.3 is 0 Å². The van der Waals surface area contributed by atoms with Crippen molar-refractivity contribution in [1.29, 1.82) is 0 Å². The van der Waals surface area contributed by atoms with Crippen molar-refractivity contribution in [1.82, 2.24) is 0 Å². The molecule has 0 heterocycles. The highest BCUT2D eigenvalue weighted by Gasteiger charge is 2.15. The van der Waals surface area contributed by atoms with Crippen LogP contribution in [0.15, 0.2) is 53.5 Å². The average molecular weight is 410 g/mol. The highest BCUT2D eigenvalue weighted by atomic mass is 32.1. The van der Waals surface area contributed by atoms with Crippen molar-refractivity contribution in [3.8, 4) is 23.0 Å². The Kier molecular flexibility index (Phi) is 6.14. The molecule has 0 bridgehead atoms. The topological polar surface area (TPSA) is 12.4 Å². The van der Waals surface area contributed by atoms with Crippen LogP contribution in [0.3, 0.4) is 0 Å². The number of hydrogen-bond acceptors (Lipinski definition) is 2. The molecule has 1 aliphatic rings. The third-order valence-corrected chi connectivity index (χ3v) is 6.35. The number of nitrogens with zero attached hydrogens (tertiary/aromatic N) is 1. The van der Waals surface area contributed by atoms with Crippen molar-refractivity contribution < 1.29 is 0 Å². The van der Waals surface area contributed by atoms with Crippen molar-refractivity contribution in [2.45, 2.75) is 46.5 Å². The average Bonchev–Trinajstić information content (AvgIpc) is 2.75. The van der Waals surface area contributed by atoms with Gasteiger partial charge in [-0.2, -0.15) is 4.99 Å². The van der Waals surface area contributed by atoms with E-state index in [4.69, 9.17) is 12.2 Å². The molecule has 0 aliphatic heterocycles. The van der Waals surface area contributed by atoms with Crippen LogP contribution < -0.4 is 0 Å². The molecule has 2 heteroatoms. The Morgan fingerprint density at radius 1 is 0.833 bits per heavy atom. The third-order valence-electron chi connectivity index (χ3n) is 6.26. The van der Waals surface area contributed by atoms with Gasteiger partial charge in [-0.1, -0.05) is 37.0 Å². The summed E-state index contributed by atoms with van der Waals surface area (Å²) in [5, 5.41) is 4.96. The fourth-order valence-corrected chi connectivity index (χ4v) is 4.53. The Morgan fingerprint density at radius 2 is 1.50 bits per heavy atom. The van der Waals surface area contributed by atoms with Crippen LogP contribution in [0, 0.1) is 37.5 Å². The number of rotatable bonds is 2. The third kappa shape index (κ3) is 4.54. The van der Waals surface area contributed by atoms with E-state index in [-0.39, 0.29) is 0 Å².